The molecule has 24 heavy (non-hydrogen) atoms. The third-order valence-electron chi connectivity index (χ3n) is 4.45. The number of likely N-dealkylation sites (N-methyl/N-ethyl adjacent to an activating group) is 1. The van der Waals surface area contributed by atoms with Crippen LogP contribution in [-0.4, -0.2) is 31.1 Å². The van der Waals surface area contributed by atoms with E-state index in [4.69, 9.17) is 4.74 Å². The SMILES string of the molecule is CN1CC[C@H](Oc2ccc(C(F)(F)F)cc2)[C@@H](c2ccccc2)C1. The van der Waals surface area contributed by atoms with Crippen LogP contribution < -0.4 is 4.74 Å². The predicted molar refractivity (Wildman–Crippen MR) is 87.2 cm³/mol. The van der Waals surface area contributed by atoms with Gasteiger partial charge in [-0.2, -0.15) is 13.2 Å². The van der Waals surface area contributed by atoms with Gasteiger partial charge in [0.15, 0.2) is 0 Å². The highest BCUT2D eigenvalue weighted by Crippen LogP contribution is 2.33. The lowest BCUT2D eigenvalue weighted by Gasteiger charge is -2.37. The van der Waals surface area contributed by atoms with Crippen LogP contribution in [0.4, 0.5) is 13.2 Å². The molecular weight excluding hydrogens is 315 g/mol. The summed E-state index contributed by atoms with van der Waals surface area (Å²) in [5, 5.41) is 0. The van der Waals surface area contributed by atoms with Crippen LogP contribution in [0.1, 0.15) is 23.5 Å². The number of halogens is 3. The fourth-order valence-electron chi connectivity index (χ4n) is 3.15. The third kappa shape index (κ3) is 3.90. The average Bonchev–Trinajstić information content (AvgIpc) is 2.57. The number of benzene rings is 2. The quantitative estimate of drug-likeness (QED) is 0.814. The van der Waals surface area contributed by atoms with Crippen molar-refractivity contribution in [1.29, 1.82) is 0 Å². The van der Waals surface area contributed by atoms with Crippen LogP contribution in [0.5, 0.6) is 5.75 Å². The van der Waals surface area contributed by atoms with Gasteiger partial charge in [0.25, 0.3) is 0 Å². The maximum atomic E-state index is 12.7. The first-order valence-electron chi connectivity index (χ1n) is 8.01. The number of ether oxygens (including phenoxy) is 1. The zero-order chi connectivity index (χ0) is 17.2. The van der Waals surface area contributed by atoms with Gasteiger partial charge in [0, 0.05) is 19.0 Å². The van der Waals surface area contributed by atoms with E-state index in [1.807, 2.05) is 18.2 Å². The fourth-order valence-corrected chi connectivity index (χ4v) is 3.15. The number of piperidine rings is 1. The minimum atomic E-state index is -4.32. The molecule has 2 aromatic rings. The van der Waals surface area contributed by atoms with E-state index >= 15 is 0 Å². The van der Waals surface area contributed by atoms with Gasteiger partial charge in [-0.3, -0.25) is 0 Å². The topological polar surface area (TPSA) is 12.5 Å². The molecule has 0 bridgehead atoms. The summed E-state index contributed by atoms with van der Waals surface area (Å²) in [6.45, 7) is 1.78. The Kier molecular flexibility index (Phi) is 4.81. The van der Waals surface area contributed by atoms with Crippen LogP contribution in [0, 0.1) is 0 Å². The first kappa shape index (κ1) is 16.8. The maximum Gasteiger partial charge on any atom is 0.416 e. The smallest absolute Gasteiger partial charge is 0.416 e. The van der Waals surface area contributed by atoms with Gasteiger partial charge in [-0.1, -0.05) is 30.3 Å². The summed E-state index contributed by atoms with van der Waals surface area (Å²) in [5.74, 6) is 0.686. The summed E-state index contributed by atoms with van der Waals surface area (Å²) in [5.41, 5.74) is 0.541. The molecule has 0 saturated carbocycles. The highest BCUT2D eigenvalue weighted by molar-refractivity contribution is 5.30. The zero-order valence-electron chi connectivity index (χ0n) is 13.5. The maximum absolute atomic E-state index is 12.7. The Morgan fingerprint density at radius 2 is 1.67 bits per heavy atom. The Bertz CT molecular complexity index is 655. The predicted octanol–water partition coefficient (Wildman–Crippen LogP) is 4.57. The van der Waals surface area contributed by atoms with Crippen LogP contribution in [0.2, 0.25) is 0 Å². The summed E-state index contributed by atoms with van der Waals surface area (Å²) in [6, 6.07) is 15.1. The normalized spacial score (nSPS) is 22.3. The Morgan fingerprint density at radius 3 is 2.29 bits per heavy atom. The Labute approximate surface area is 139 Å². The molecular formula is C19H20F3NO. The number of alkyl halides is 3. The standard InChI is InChI=1S/C19H20F3NO/c1-23-12-11-18(17(13-23)14-5-3-2-4-6-14)24-16-9-7-15(8-10-16)19(20,21)22/h2-10,17-18H,11-13H2,1H3/t17-,18+/m1/s1. The van der Waals surface area contributed by atoms with E-state index < -0.39 is 11.7 Å². The second kappa shape index (κ2) is 6.85. The molecule has 1 fully saturated rings. The van der Waals surface area contributed by atoms with Crippen LogP contribution >= 0.6 is 0 Å². The Balaban J connectivity index is 1.77. The first-order valence-corrected chi connectivity index (χ1v) is 8.01. The van der Waals surface area contributed by atoms with Gasteiger partial charge in [0.05, 0.1) is 5.56 Å². The van der Waals surface area contributed by atoms with Crippen LogP contribution in [-0.2, 0) is 6.18 Å². The molecule has 1 aliphatic heterocycles. The lowest BCUT2D eigenvalue weighted by atomic mass is 9.88. The fraction of sp³-hybridized carbons (Fsp3) is 0.368. The molecule has 0 N–H and O–H groups in total. The molecule has 1 saturated heterocycles. The lowest BCUT2D eigenvalue weighted by molar-refractivity contribution is -0.137. The lowest BCUT2D eigenvalue weighted by Crippen LogP contribution is -2.42. The molecule has 0 radical (unpaired) electrons. The molecule has 0 aliphatic carbocycles. The number of hydrogen-bond donors (Lipinski definition) is 0. The third-order valence-corrected chi connectivity index (χ3v) is 4.45. The van der Waals surface area contributed by atoms with Gasteiger partial charge in [-0.25, -0.2) is 0 Å². The molecule has 1 aliphatic rings. The Morgan fingerprint density at radius 1 is 1.00 bits per heavy atom. The summed E-state index contributed by atoms with van der Waals surface area (Å²) in [6.07, 6.45) is -3.52. The minimum absolute atomic E-state index is 0.0414. The summed E-state index contributed by atoms with van der Waals surface area (Å²) in [4.78, 5) is 2.25. The summed E-state index contributed by atoms with van der Waals surface area (Å²) >= 11 is 0. The summed E-state index contributed by atoms with van der Waals surface area (Å²) < 4.78 is 44.0. The van der Waals surface area contributed by atoms with Crippen LogP contribution in [0.15, 0.2) is 54.6 Å². The molecule has 2 atom stereocenters. The van der Waals surface area contributed by atoms with Crippen molar-refractivity contribution in [3.63, 3.8) is 0 Å². The molecule has 2 aromatic carbocycles. The molecule has 0 unspecified atom stereocenters. The second-order valence-electron chi connectivity index (χ2n) is 6.25. The molecule has 0 aromatic heterocycles. The van der Waals surface area contributed by atoms with Crippen LogP contribution in [0.3, 0.4) is 0 Å². The van der Waals surface area contributed by atoms with E-state index in [0.29, 0.717) is 5.75 Å². The monoisotopic (exact) mass is 335 g/mol. The van der Waals surface area contributed by atoms with Crippen molar-refractivity contribution < 1.29 is 17.9 Å². The average molecular weight is 335 g/mol. The Hall–Kier alpha value is -2.01. The van der Waals surface area contributed by atoms with Crippen LogP contribution in [0.25, 0.3) is 0 Å². The van der Waals surface area contributed by atoms with Crippen molar-refractivity contribution in [3.05, 3.63) is 65.7 Å². The highest BCUT2D eigenvalue weighted by atomic mass is 19.4. The van der Waals surface area contributed by atoms with Gasteiger partial charge in [0.2, 0.25) is 0 Å². The van der Waals surface area contributed by atoms with E-state index in [2.05, 4.69) is 24.1 Å². The van der Waals surface area contributed by atoms with Crippen molar-refractivity contribution in [1.82, 2.24) is 4.90 Å². The van der Waals surface area contributed by atoms with E-state index in [9.17, 15) is 13.2 Å². The van der Waals surface area contributed by atoms with Gasteiger partial charge in [0.1, 0.15) is 11.9 Å². The number of hydrogen-bond acceptors (Lipinski definition) is 2. The molecule has 2 nitrogen and oxygen atoms in total. The first-order chi connectivity index (χ1) is 11.4. The largest absolute Gasteiger partial charge is 0.490 e. The molecule has 5 heteroatoms. The highest BCUT2D eigenvalue weighted by Gasteiger charge is 2.32. The second-order valence-corrected chi connectivity index (χ2v) is 6.25. The van der Waals surface area contributed by atoms with Crippen molar-refractivity contribution in [2.75, 3.05) is 20.1 Å². The van der Waals surface area contributed by atoms with Gasteiger partial charge < -0.3 is 9.64 Å². The molecule has 0 spiro atoms. The van der Waals surface area contributed by atoms with E-state index in [0.717, 1.165) is 31.6 Å². The summed E-state index contributed by atoms with van der Waals surface area (Å²) in [7, 11) is 2.07. The number of rotatable bonds is 3. The van der Waals surface area contributed by atoms with Crippen molar-refractivity contribution in [2.45, 2.75) is 24.6 Å². The molecule has 0 amide bonds. The van der Waals surface area contributed by atoms with E-state index in [1.54, 1.807) is 0 Å². The van der Waals surface area contributed by atoms with Crippen molar-refractivity contribution in [3.8, 4) is 5.75 Å². The molecule has 1 heterocycles. The van der Waals surface area contributed by atoms with Gasteiger partial charge >= 0.3 is 6.18 Å². The zero-order valence-corrected chi connectivity index (χ0v) is 13.5. The molecule has 128 valence electrons. The molecule has 3 rings (SSSR count). The minimum Gasteiger partial charge on any atom is -0.490 e. The number of nitrogens with zero attached hydrogens (tertiary/aromatic N) is 1. The van der Waals surface area contributed by atoms with Crippen molar-refractivity contribution in [2.24, 2.45) is 0 Å². The van der Waals surface area contributed by atoms with Gasteiger partial charge in [-0.15, -0.1) is 0 Å². The number of likely N-dealkylation sites (tertiary alicyclic amines) is 1. The van der Waals surface area contributed by atoms with Gasteiger partial charge in [-0.05, 0) is 43.3 Å². The van der Waals surface area contributed by atoms with Crippen molar-refractivity contribution >= 4 is 0 Å². The van der Waals surface area contributed by atoms with E-state index in [-0.39, 0.29) is 12.0 Å². The van der Waals surface area contributed by atoms with E-state index in [1.165, 1.54) is 17.7 Å².